The lowest BCUT2D eigenvalue weighted by Gasteiger charge is -2.19. The Balaban J connectivity index is 1.67. The van der Waals surface area contributed by atoms with E-state index in [4.69, 9.17) is 11.6 Å². The molecule has 1 aliphatic rings. The first-order valence-corrected chi connectivity index (χ1v) is 11.3. The van der Waals surface area contributed by atoms with E-state index in [1.54, 1.807) is 29.6 Å². The van der Waals surface area contributed by atoms with Crippen LogP contribution in [0, 0.1) is 0 Å². The fraction of sp³-hybridized carbons (Fsp3) is 0.389. The topological polar surface area (TPSA) is 66.5 Å². The molecule has 1 aliphatic heterocycles. The molecule has 8 heteroatoms. The van der Waals surface area contributed by atoms with Crippen molar-refractivity contribution in [3.63, 3.8) is 0 Å². The van der Waals surface area contributed by atoms with Crippen LogP contribution in [0.5, 0.6) is 0 Å². The number of carbonyl (C=O) groups excluding carboxylic acids is 1. The number of likely N-dealkylation sites (tertiary alicyclic amines) is 1. The van der Waals surface area contributed by atoms with Crippen molar-refractivity contribution in [2.24, 2.45) is 0 Å². The van der Waals surface area contributed by atoms with E-state index in [0.29, 0.717) is 10.6 Å². The predicted octanol–water partition coefficient (Wildman–Crippen LogP) is 3.90. The number of nitrogens with one attached hydrogen (secondary N) is 1. The molecule has 0 spiro atoms. The van der Waals surface area contributed by atoms with E-state index in [2.05, 4.69) is 4.72 Å². The van der Waals surface area contributed by atoms with Crippen LogP contribution in [0.4, 0.5) is 0 Å². The lowest BCUT2D eigenvalue weighted by atomic mass is 10.2. The second kappa shape index (κ2) is 8.52. The lowest BCUT2D eigenvalue weighted by molar-refractivity contribution is 0.0762. The standard InChI is InChI=1S/C18H21ClN2O3S2/c19-16-7-5-14(6-8-16)12-20-26(23,24)17-11-15(13-25-17)18(22)21-9-3-1-2-4-10-21/h5-8,11,13,20H,1-4,9-10,12H2. The summed E-state index contributed by atoms with van der Waals surface area (Å²) in [6.07, 6.45) is 4.29. The summed E-state index contributed by atoms with van der Waals surface area (Å²) < 4.78 is 27.7. The summed E-state index contributed by atoms with van der Waals surface area (Å²) >= 11 is 6.90. The largest absolute Gasteiger partial charge is 0.339 e. The number of sulfonamides is 1. The Kier molecular flexibility index (Phi) is 6.34. The molecule has 26 heavy (non-hydrogen) atoms. The highest BCUT2D eigenvalue weighted by molar-refractivity contribution is 7.91. The number of hydrogen-bond donors (Lipinski definition) is 1. The van der Waals surface area contributed by atoms with Crippen LogP contribution < -0.4 is 4.72 Å². The molecule has 1 amide bonds. The Labute approximate surface area is 163 Å². The van der Waals surface area contributed by atoms with Crippen LogP contribution in [0.3, 0.4) is 0 Å². The van der Waals surface area contributed by atoms with Gasteiger partial charge in [-0.05, 0) is 36.6 Å². The average Bonchev–Trinajstić information content (AvgIpc) is 2.98. The van der Waals surface area contributed by atoms with Gasteiger partial charge in [0.15, 0.2) is 0 Å². The third-order valence-corrected chi connectivity index (χ3v) is 7.45. The predicted molar refractivity (Wildman–Crippen MR) is 104 cm³/mol. The fourth-order valence-corrected chi connectivity index (χ4v) is 5.22. The summed E-state index contributed by atoms with van der Waals surface area (Å²) in [6, 6.07) is 8.45. The van der Waals surface area contributed by atoms with Crippen molar-refractivity contribution in [2.45, 2.75) is 36.4 Å². The van der Waals surface area contributed by atoms with Crippen molar-refractivity contribution in [3.05, 3.63) is 51.9 Å². The molecule has 2 aromatic rings. The van der Waals surface area contributed by atoms with Crippen LogP contribution in [0.15, 0.2) is 39.9 Å². The van der Waals surface area contributed by atoms with Crippen molar-refractivity contribution < 1.29 is 13.2 Å². The summed E-state index contributed by atoms with van der Waals surface area (Å²) in [5.41, 5.74) is 1.26. The van der Waals surface area contributed by atoms with E-state index < -0.39 is 10.0 Å². The molecule has 0 unspecified atom stereocenters. The van der Waals surface area contributed by atoms with Crippen molar-refractivity contribution in [1.29, 1.82) is 0 Å². The van der Waals surface area contributed by atoms with E-state index in [-0.39, 0.29) is 16.7 Å². The molecular formula is C18H21ClN2O3S2. The quantitative estimate of drug-likeness (QED) is 0.809. The van der Waals surface area contributed by atoms with Gasteiger partial charge in [0.1, 0.15) is 4.21 Å². The molecule has 0 saturated carbocycles. The third-order valence-electron chi connectivity index (χ3n) is 4.36. The Morgan fingerprint density at radius 1 is 1.12 bits per heavy atom. The van der Waals surface area contributed by atoms with Crippen LogP contribution in [-0.4, -0.2) is 32.3 Å². The maximum Gasteiger partial charge on any atom is 0.254 e. The Hall–Kier alpha value is -1.41. The second-order valence-corrected chi connectivity index (χ2v) is 9.65. The van der Waals surface area contributed by atoms with Gasteiger partial charge in [0.25, 0.3) is 5.91 Å². The summed E-state index contributed by atoms with van der Waals surface area (Å²) in [6.45, 7) is 1.66. The smallest absolute Gasteiger partial charge is 0.254 e. The SMILES string of the molecule is O=C(c1csc(S(=O)(=O)NCc2ccc(Cl)cc2)c1)N1CCCCCC1. The maximum atomic E-state index is 12.6. The van der Waals surface area contributed by atoms with E-state index in [9.17, 15) is 13.2 Å². The van der Waals surface area contributed by atoms with Gasteiger partial charge in [0, 0.05) is 30.0 Å². The molecule has 0 bridgehead atoms. The molecule has 5 nitrogen and oxygen atoms in total. The molecular weight excluding hydrogens is 392 g/mol. The minimum absolute atomic E-state index is 0.0812. The highest BCUT2D eigenvalue weighted by Crippen LogP contribution is 2.23. The van der Waals surface area contributed by atoms with Crippen LogP contribution in [-0.2, 0) is 16.6 Å². The van der Waals surface area contributed by atoms with Gasteiger partial charge in [-0.1, -0.05) is 36.6 Å². The minimum Gasteiger partial charge on any atom is -0.339 e. The molecule has 1 N–H and O–H groups in total. The van der Waals surface area contributed by atoms with E-state index in [0.717, 1.165) is 55.7 Å². The van der Waals surface area contributed by atoms with Gasteiger partial charge < -0.3 is 4.90 Å². The first kappa shape index (κ1) is 19.4. The zero-order chi connectivity index (χ0) is 18.6. The van der Waals surface area contributed by atoms with Gasteiger partial charge in [0.05, 0.1) is 5.56 Å². The molecule has 1 fully saturated rings. The number of thiophene rings is 1. The van der Waals surface area contributed by atoms with Crippen molar-refractivity contribution >= 4 is 38.9 Å². The highest BCUT2D eigenvalue weighted by Gasteiger charge is 2.22. The number of benzene rings is 1. The van der Waals surface area contributed by atoms with Gasteiger partial charge in [-0.15, -0.1) is 11.3 Å². The normalized spacial score (nSPS) is 15.7. The van der Waals surface area contributed by atoms with Crippen molar-refractivity contribution in [2.75, 3.05) is 13.1 Å². The first-order valence-electron chi connectivity index (χ1n) is 8.58. The minimum atomic E-state index is -3.65. The van der Waals surface area contributed by atoms with Crippen LogP contribution in [0.25, 0.3) is 0 Å². The summed E-state index contributed by atoms with van der Waals surface area (Å²) in [5.74, 6) is -0.0812. The molecule has 1 aromatic carbocycles. The Morgan fingerprint density at radius 3 is 2.42 bits per heavy atom. The zero-order valence-electron chi connectivity index (χ0n) is 14.3. The van der Waals surface area contributed by atoms with Gasteiger partial charge in [0.2, 0.25) is 10.0 Å². The van der Waals surface area contributed by atoms with Crippen molar-refractivity contribution in [3.8, 4) is 0 Å². The van der Waals surface area contributed by atoms with Gasteiger partial charge >= 0.3 is 0 Å². The zero-order valence-corrected chi connectivity index (χ0v) is 16.7. The average molecular weight is 413 g/mol. The molecule has 3 rings (SSSR count). The first-order chi connectivity index (χ1) is 12.5. The molecule has 140 valence electrons. The maximum absolute atomic E-state index is 12.6. The lowest BCUT2D eigenvalue weighted by Crippen LogP contribution is -2.31. The number of hydrogen-bond acceptors (Lipinski definition) is 4. The summed E-state index contributed by atoms with van der Waals surface area (Å²) in [5, 5.41) is 2.23. The van der Waals surface area contributed by atoms with Crippen molar-refractivity contribution in [1.82, 2.24) is 9.62 Å². The number of halogens is 1. The number of carbonyl (C=O) groups is 1. The molecule has 1 aromatic heterocycles. The second-order valence-electron chi connectivity index (χ2n) is 6.31. The van der Waals surface area contributed by atoms with E-state index >= 15 is 0 Å². The Morgan fingerprint density at radius 2 is 1.77 bits per heavy atom. The van der Waals surface area contributed by atoms with Crippen LogP contribution in [0.2, 0.25) is 5.02 Å². The van der Waals surface area contributed by atoms with Gasteiger partial charge in [-0.2, -0.15) is 0 Å². The fourth-order valence-electron chi connectivity index (χ4n) is 2.88. The monoisotopic (exact) mass is 412 g/mol. The Bertz CT molecular complexity index is 855. The summed E-state index contributed by atoms with van der Waals surface area (Å²) in [7, 11) is -3.65. The molecule has 0 aliphatic carbocycles. The highest BCUT2D eigenvalue weighted by atomic mass is 35.5. The van der Waals surface area contributed by atoms with Crippen LogP contribution >= 0.6 is 22.9 Å². The third kappa shape index (κ3) is 4.85. The number of amides is 1. The molecule has 0 radical (unpaired) electrons. The summed E-state index contributed by atoms with van der Waals surface area (Å²) in [4.78, 5) is 14.4. The molecule has 1 saturated heterocycles. The van der Waals surface area contributed by atoms with E-state index in [1.165, 1.54) is 6.07 Å². The van der Waals surface area contributed by atoms with Crippen LogP contribution in [0.1, 0.15) is 41.6 Å². The van der Waals surface area contributed by atoms with Gasteiger partial charge in [-0.25, -0.2) is 13.1 Å². The molecule has 0 atom stereocenters. The number of nitrogens with zero attached hydrogens (tertiary/aromatic N) is 1. The van der Waals surface area contributed by atoms with E-state index in [1.807, 2.05) is 4.90 Å². The number of rotatable bonds is 5. The molecule has 2 heterocycles. The van der Waals surface area contributed by atoms with Gasteiger partial charge in [-0.3, -0.25) is 4.79 Å².